The maximum Gasteiger partial charge on any atom is 0.308 e. The van der Waals surface area contributed by atoms with E-state index >= 15 is 0 Å². The molecule has 0 fully saturated rings. The van der Waals surface area contributed by atoms with Gasteiger partial charge in [0.05, 0.1) is 17.4 Å². The molecule has 0 N–H and O–H groups in total. The van der Waals surface area contributed by atoms with E-state index in [1.807, 2.05) is 30.3 Å². The summed E-state index contributed by atoms with van der Waals surface area (Å²) < 4.78 is 33.6. The van der Waals surface area contributed by atoms with Gasteiger partial charge in [-0.3, -0.25) is 4.79 Å². The van der Waals surface area contributed by atoms with Crippen LogP contribution in [0.25, 0.3) is 0 Å². The molecule has 5 nitrogen and oxygen atoms in total. The van der Waals surface area contributed by atoms with E-state index in [1.54, 1.807) is 48.5 Å². The number of rotatable bonds is 6. The van der Waals surface area contributed by atoms with E-state index in [0.29, 0.717) is 23.6 Å². The second-order valence-corrected chi connectivity index (χ2v) is 9.65. The number of fused-ring (bicyclic) bond motifs is 1. The molecule has 1 heterocycles. The van der Waals surface area contributed by atoms with Gasteiger partial charge < -0.3 is 4.74 Å². The molecule has 0 spiro atoms. The van der Waals surface area contributed by atoms with Gasteiger partial charge in [0.1, 0.15) is 6.61 Å². The van der Waals surface area contributed by atoms with Crippen molar-refractivity contribution in [1.29, 1.82) is 0 Å². The van der Waals surface area contributed by atoms with Crippen molar-refractivity contribution in [2.24, 2.45) is 0 Å². The molecule has 3 aromatic rings. The van der Waals surface area contributed by atoms with Crippen LogP contribution in [-0.2, 0) is 32.6 Å². The Bertz CT molecular complexity index is 1180. The molecular weight excluding hydrogens is 434 g/mol. The van der Waals surface area contributed by atoms with Gasteiger partial charge in [0.2, 0.25) is 10.0 Å². The Morgan fingerprint density at radius 3 is 2.42 bits per heavy atom. The average Bonchev–Trinajstić information content (AvgIpc) is 2.79. The Labute approximate surface area is 187 Å². The summed E-state index contributed by atoms with van der Waals surface area (Å²) in [5.41, 5.74) is 2.59. The lowest BCUT2D eigenvalue weighted by molar-refractivity contribution is -0.146. The van der Waals surface area contributed by atoms with Crippen molar-refractivity contribution < 1.29 is 17.9 Å². The molecule has 31 heavy (non-hydrogen) atoms. The Balaban J connectivity index is 1.59. The monoisotopic (exact) mass is 455 g/mol. The van der Waals surface area contributed by atoms with E-state index in [-0.39, 0.29) is 17.9 Å². The van der Waals surface area contributed by atoms with Gasteiger partial charge in [0.25, 0.3) is 0 Å². The lowest BCUT2D eigenvalue weighted by Crippen LogP contribution is -2.41. The Morgan fingerprint density at radius 1 is 0.968 bits per heavy atom. The highest BCUT2D eigenvalue weighted by Crippen LogP contribution is 2.36. The number of ether oxygens (including phenoxy) is 1. The van der Waals surface area contributed by atoms with Crippen molar-refractivity contribution in [3.63, 3.8) is 0 Å². The molecule has 7 heteroatoms. The predicted molar refractivity (Wildman–Crippen MR) is 119 cm³/mol. The first-order valence-electron chi connectivity index (χ1n) is 10.0. The van der Waals surface area contributed by atoms with Gasteiger partial charge in [-0.1, -0.05) is 72.3 Å². The smallest absolute Gasteiger partial charge is 0.308 e. The van der Waals surface area contributed by atoms with E-state index in [0.717, 1.165) is 11.1 Å². The van der Waals surface area contributed by atoms with Crippen LogP contribution in [0.15, 0.2) is 83.8 Å². The van der Waals surface area contributed by atoms with Crippen LogP contribution in [0.5, 0.6) is 0 Å². The molecule has 0 aliphatic carbocycles. The fraction of sp³-hybridized carbons (Fsp3) is 0.208. The van der Waals surface area contributed by atoms with Crippen molar-refractivity contribution in [2.75, 3.05) is 6.54 Å². The van der Waals surface area contributed by atoms with Crippen molar-refractivity contribution in [1.82, 2.24) is 4.31 Å². The first-order valence-corrected chi connectivity index (χ1v) is 11.8. The van der Waals surface area contributed by atoms with E-state index in [1.165, 1.54) is 4.31 Å². The summed E-state index contributed by atoms with van der Waals surface area (Å²) in [5, 5.41) is 0.520. The second kappa shape index (κ2) is 9.22. The Morgan fingerprint density at radius 2 is 1.65 bits per heavy atom. The normalized spacial score (nSPS) is 16.5. The third-order valence-corrected chi connectivity index (χ3v) is 7.71. The molecule has 160 valence electrons. The summed E-state index contributed by atoms with van der Waals surface area (Å²) in [5.74, 6) is -0.477. The van der Waals surface area contributed by atoms with Gasteiger partial charge in [-0.2, -0.15) is 4.31 Å². The Hall–Kier alpha value is -2.67. The van der Waals surface area contributed by atoms with Gasteiger partial charge in [0.15, 0.2) is 0 Å². The number of hydrogen-bond acceptors (Lipinski definition) is 4. The zero-order valence-corrected chi connectivity index (χ0v) is 18.4. The van der Waals surface area contributed by atoms with Crippen LogP contribution in [0.3, 0.4) is 0 Å². The highest BCUT2D eigenvalue weighted by atomic mass is 35.5. The predicted octanol–water partition coefficient (Wildman–Crippen LogP) is 4.76. The molecule has 1 aliphatic rings. The molecule has 0 aromatic heterocycles. The lowest BCUT2D eigenvalue weighted by atomic mass is 9.92. The number of benzene rings is 3. The largest absolute Gasteiger partial charge is 0.461 e. The molecule has 3 aromatic carbocycles. The average molecular weight is 456 g/mol. The first kappa shape index (κ1) is 21.6. The van der Waals surface area contributed by atoms with Crippen LogP contribution in [-0.4, -0.2) is 25.2 Å². The van der Waals surface area contributed by atoms with Crippen LogP contribution >= 0.6 is 11.6 Å². The van der Waals surface area contributed by atoms with Crippen LogP contribution in [0.1, 0.15) is 29.2 Å². The summed E-state index contributed by atoms with van der Waals surface area (Å²) >= 11 is 6.14. The number of halogens is 1. The van der Waals surface area contributed by atoms with Crippen molar-refractivity contribution >= 4 is 27.6 Å². The topological polar surface area (TPSA) is 63.7 Å². The SMILES string of the molecule is O=C(CC1c2ccccc2CCN1S(=O)(=O)c1ccccc1)OCc1ccccc1Cl. The van der Waals surface area contributed by atoms with Gasteiger partial charge in [-0.05, 0) is 35.7 Å². The number of sulfonamides is 1. The van der Waals surface area contributed by atoms with Crippen LogP contribution < -0.4 is 0 Å². The summed E-state index contributed by atoms with van der Waals surface area (Å²) in [4.78, 5) is 12.9. The van der Waals surface area contributed by atoms with Crippen molar-refractivity contribution in [3.05, 3.63) is 101 Å². The fourth-order valence-electron chi connectivity index (χ4n) is 3.85. The van der Waals surface area contributed by atoms with Gasteiger partial charge in [-0.25, -0.2) is 8.42 Å². The fourth-order valence-corrected chi connectivity index (χ4v) is 5.66. The number of nitrogens with zero attached hydrogens (tertiary/aromatic N) is 1. The molecule has 0 radical (unpaired) electrons. The minimum Gasteiger partial charge on any atom is -0.461 e. The first-order chi connectivity index (χ1) is 15.0. The third-order valence-electron chi connectivity index (χ3n) is 5.42. The molecule has 4 rings (SSSR count). The zero-order valence-electron chi connectivity index (χ0n) is 16.8. The lowest BCUT2D eigenvalue weighted by Gasteiger charge is -2.36. The van der Waals surface area contributed by atoms with Crippen molar-refractivity contribution in [3.8, 4) is 0 Å². The Kier molecular flexibility index (Phi) is 6.41. The minimum atomic E-state index is -3.77. The summed E-state index contributed by atoms with van der Waals surface area (Å²) in [6.45, 7) is 0.342. The molecule has 1 unspecified atom stereocenters. The van der Waals surface area contributed by atoms with E-state index in [4.69, 9.17) is 16.3 Å². The molecule has 0 saturated heterocycles. The summed E-state index contributed by atoms with van der Waals surface area (Å²) in [7, 11) is -3.77. The van der Waals surface area contributed by atoms with Crippen LogP contribution in [0.4, 0.5) is 0 Å². The van der Waals surface area contributed by atoms with Gasteiger partial charge >= 0.3 is 5.97 Å². The molecule has 1 aliphatic heterocycles. The third kappa shape index (κ3) is 4.66. The minimum absolute atomic E-state index is 0.0400. The van der Waals surface area contributed by atoms with E-state index in [9.17, 15) is 13.2 Å². The molecule has 0 bridgehead atoms. The maximum atomic E-state index is 13.4. The van der Waals surface area contributed by atoms with E-state index < -0.39 is 22.0 Å². The zero-order chi connectivity index (χ0) is 21.8. The number of esters is 1. The van der Waals surface area contributed by atoms with E-state index in [2.05, 4.69) is 0 Å². The molecule has 0 amide bonds. The highest BCUT2D eigenvalue weighted by molar-refractivity contribution is 7.89. The summed E-state index contributed by atoms with van der Waals surface area (Å²) in [6.07, 6.45) is 0.515. The standard InChI is InChI=1S/C24H22ClNO4S/c25-22-13-7-5-9-19(22)17-30-24(27)16-23-21-12-6-4-8-18(21)14-15-26(23)31(28,29)20-10-2-1-3-11-20/h1-13,23H,14-17H2. The molecule has 1 atom stereocenters. The second-order valence-electron chi connectivity index (χ2n) is 7.35. The maximum absolute atomic E-state index is 13.4. The van der Waals surface area contributed by atoms with Crippen LogP contribution in [0, 0.1) is 0 Å². The van der Waals surface area contributed by atoms with Crippen LogP contribution in [0.2, 0.25) is 5.02 Å². The number of carbonyl (C=O) groups is 1. The molecule has 0 saturated carbocycles. The van der Waals surface area contributed by atoms with Gasteiger partial charge in [0, 0.05) is 17.1 Å². The van der Waals surface area contributed by atoms with Gasteiger partial charge in [-0.15, -0.1) is 0 Å². The molecular formula is C24H22ClNO4S. The van der Waals surface area contributed by atoms with Crippen molar-refractivity contribution in [2.45, 2.75) is 30.4 Å². The highest BCUT2D eigenvalue weighted by Gasteiger charge is 2.37. The number of carbonyl (C=O) groups excluding carboxylic acids is 1. The quantitative estimate of drug-likeness (QED) is 0.502. The number of hydrogen-bond donors (Lipinski definition) is 0. The summed E-state index contributed by atoms with van der Waals surface area (Å²) in [6, 6.07) is 22.5.